The Bertz CT molecular complexity index is 419. The lowest BCUT2D eigenvalue weighted by Crippen LogP contribution is -2.38. The maximum atomic E-state index is 3.76. The third kappa shape index (κ3) is 2.54. The second-order valence-electron chi connectivity index (χ2n) is 6.14. The SMILES string of the molecule is CC1(NCc2ccc3c(c2)CCCN3)CCCC1. The van der Waals surface area contributed by atoms with E-state index in [-0.39, 0.29) is 0 Å². The molecule has 1 aromatic carbocycles. The Kier molecular flexibility index (Phi) is 3.29. The Morgan fingerprint density at radius 1 is 1.22 bits per heavy atom. The zero-order chi connectivity index (χ0) is 12.4. The van der Waals surface area contributed by atoms with E-state index in [9.17, 15) is 0 Å². The summed E-state index contributed by atoms with van der Waals surface area (Å²) < 4.78 is 0. The number of benzene rings is 1. The minimum Gasteiger partial charge on any atom is -0.385 e. The summed E-state index contributed by atoms with van der Waals surface area (Å²) in [5, 5.41) is 7.23. The first-order valence-corrected chi connectivity index (χ1v) is 7.36. The molecule has 2 aliphatic rings. The van der Waals surface area contributed by atoms with Crippen LogP contribution in [-0.4, -0.2) is 12.1 Å². The molecule has 1 saturated carbocycles. The molecule has 0 spiro atoms. The first kappa shape index (κ1) is 12.0. The number of fused-ring (bicyclic) bond motifs is 1. The second-order valence-corrected chi connectivity index (χ2v) is 6.14. The molecule has 0 unspecified atom stereocenters. The van der Waals surface area contributed by atoms with Crippen LogP contribution >= 0.6 is 0 Å². The van der Waals surface area contributed by atoms with Crippen LogP contribution in [0, 0.1) is 0 Å². The molecule has 1 aliphatic heterocycles. The average molecular weight is 244 g/mol. The van der Waals surface area contributed by atoms with Crippen LogP contribution in [-0.2, 0) is 13.0 Å². The molecular weight excluding hydrogens is 220 g/mol. The zero-order valence-electron chi connectivity index (χ0n) is 11.4. The smallest absolute Gasteiger partial charge is 0.0372 e. The Balaban J connectivity index is 1.66. The van der Waals surface area contributed by atoms with E-state index in [1.165, 1.54) is 55.3 Å². The molecule has 0 atom stereocenters. The van der Waals surface area contributed by atoms with E-state index < -0.39 is 0 Å². The molecule has 2 heteroatoms. The molecule has 1 fully saturated rings. The molecule has 0 radical (unpaired) electrons. The summed E-state index contributed by atoms with van der Waals surface area (Å²) in [4.78, 5) is 0. The number of nitrogens with one attached hydrogen (secondary N) is 2. The number of hydrogen-bond acceptors (Lipinski definition) is 2. The van der Waals surface area contributed by atoms with Gasteiger partial charge in [-0.15, -0.1) is 0 Å². The van der Waals surface area contributed by atoms with Gasteiger partial charge in [-0.2, -0.15) is 0 Å². The van der Waals surface area contributed by atoms with Crippen molar-refractivity contribution in [3.8, 4) is 0 Å². The molecule has 2 N–H and O–H groups in total. The minimum absolute atomic E-state index is 0.383. The van der Waals surface area contributed by atoms with Crippen molar-refractivity contribution in [2.45, 2.75) is 57.5 Å². The first-order valence-electron chi connectivity index (χ1n) is 7.36. The van der Waals surface area contributed by atoms with Crippen molar-refractivity contribution in [3.05, 3.63) is 29.3 Å². The summed E-state index contributed by atoms with van der Waals surface area (Å²) in [6.07, 6.45) is 7.93. The quantitative estimate of drug-likeness (QED) is 0.851. The van der Waals surface area contributed by atoms with Crippen LogP contribution in [0.3, 0.4) is 0 Å². The third-order valence-corrected chi connectivity index (χ3v) is 4.53. The lowest BCUT2D eigenvalue weighted by Gasteiger charge is -2.26. The van der Waals surface area contributed by atoms with Crippen molar-refractivity contribution in [1.29, 1.82) is 0 Å². The van der Waals surface area contributed by atoms with Crippen LogP contribution in [0.15, 0.2) is 18.2 Å². The number of anilines is 1. The van der Waals surface area contributed by atoms with Gasteiger partial charge in [0.15, 0.2) is 0 Å². The normalized spacial score (nSPS) is 21.4. The molecule has 0 saturated heterocycles. The summed E-state index contributed by atoms with van der Waals surface area (Å²) in [6.45, 7) is 4.52. The maximum absolute atomic E-state index is 3.76. The molecule has 18 heavy (non-hydrogen) atoms. The Hall–Kier alpha value is -1.02. The van der Waals surface area contributed by atoms with Gasteiger partial charge in [-0.05, 0) is 49.8 Å². The highest BCUT2D eigenvalue weighted by Crippen LogP contribution is 2.29. The van der Waals surface area contributed by atoms with E-state index >= 15 is 0 Å². The lowest BCUT2D eigenvalue weighted by molar-refractivity contribution is 0.362. The fraction of sp³-hybridized carbons (Fsp3) is 0.625. The van der Waals surface area contributed by atoms with Gasteiger partial charge in [-0.1, -0.05) is 25.0 Å². The molecule has 2 nitrogen and oxygen atoms in total. The summed E-state index contributed by atoms with van der Waals surface area (Å²) in [6, 6.07) is 6.90. The van der Waals surface area contributed by atoms with Crippen molar-refractivity contribution >= 4 is 5.69 Å². The van der Waals surface area contributed by atoms with Crippen LogP contribution in [0.25, 0.3) is 0 Å². The van der Waals surface area contributed by atoms with Gasteiger partial charge in [-0.25, -0.2) is 0 Å². The third-order valence-electron chi connectivity index (χ3n) is 4.53. The van der Waals surface area contributed by atoms with Gasteiger partial charge in [0.25, 0.3) is 0 Å². The topological polar surface area (TPSA) is 24.1 Å². The fourth-order valence-electron chi connectivity index (χ4n) is 3.29. The van der Waals surface area contributed by atoms with Crippen LogP contribution in [0.1, 0.15) is 50.2 Å². The molecule has 0 amide bonds. The number of aryl methyl sites for hydroxylation is 1. The minimum atomic E-state index is 0.383. The van der Waals surface area contributed by atoms with Gasteiger partial charge in [0.1, 0.15) is 0 Å². The largest absolute Gasteiger partial charge is 0.385 e. The van der Waals surface area contributed by atoms with Gasteiger partial charge >= 0.3 is 0 Å². The van der Waals surface area contributed by atoms with Crippen molar-refractivity contribution in [1.82, 2.24) is 5.32 Å². The Labute approximate surface area is 110 Å². The van der Waals surface area contributed by atoms with E-state index in [0.717, 1.165) is 13.1 Å². The molecule has 0 bridgehead atoms. The van der Waals surface area contributed by atoms with Crippen LogP contribution in [0.4, 0.5) is 5.69 Å². The summed E-state index contributed by atoms with van der Waals surface area (Å²) in [5.74, 6) is 0. The first-order chi connectivity index (χ1) is 8.75. The Morgan fingerprint density at radius 2 is 2.06 bits per heavy atom. The number of hydrogen-bond donors (Lipinski definition) is 2. The predicted molar refractivity (Wildman–Crippen MR) is 77.0 cm³/mol. The predicted octanol–water partition coefficient (Wildman–Crippen LogP) is 3.47. The lowest BCUT2D eigenvalue weighted by atomic mass is 9.98. The van der Waals surface area contributed by atoms with Crippen molar-refractivity contribution < 1.29 is 0 Å². The van der Waals surface area contributed by atoms with Crippen molar-refractivity contribution in [2.24, 2.45) is 0 Å². The molecule has 1 aliphatic carbocycles. The van der Waals surface area contributed by atoms with E-state index in [2.05, 4.69) is 35.8 Å². The van der Waals surface area contributed by atoms with Crippen LogP contribution in [0.5, 0.6) is 0 Å². The molecular formula is C16H24N2. The monoisotopic (exact) mass is 244 g/mol. The van der Waals surface area contributed by atoms with E-state index in [0.29, 0.717) is 5.54 Å². The zero-order valence-corrected chi connectivity index (χ0v) is 11.4. The molecule has 3 rings (SSSR count). The Morgan fingerprint density at radius 3 is 2.89 bits per heavy atom. The summed E-state index contributed by atoms with van der Waals surface area (Å²) in [5.41, 5.74) is 4.66. The van der Waals surface area contributed by atoms with Gasteiger partial charge in [0.05, 0.1) is 0 Å². The van der Waals surface area contributed by atoms with Crippen LogP contribution < -0.4 is 10.6 Å². The van der Waals surface area contributed by atoms with Gasteiger partial charge in [-0.3, -0.25) is 0 Å². The van der Waals surface area contributed by atoms with E-state index in [4.69, 9.17) is 0 Å². The standard InChI is InChI=1S/C16H24N2/c1-16(8-2-3-9-16)18-12-13-6-7-15-14(11-13)5-4-10-17-15/h6-7,11,17-18H,2-5,8-10,12H2,1H3. The van der Waals surface area contributed by atoms with Crippen molar-refractivity contribution in [3.63, 3.8) is 0 Å². The molecule has 1 aromatic rings. The highest BCUT2D eigenvalue weighted by Gasteiger charge is 2.27. The van der Waals surface area contributed by atoms with Gasteiger partial charge in [0, 0.05) is 24.3 Å². The molecule has 98 valence electrons. The van der Waals surface area contributed by atoms with E-state index in [1.807, 2.05) is 0 Å². The highest BCUT2D eigenvalue weighted by molar-refractivity contribution is 5.54. The maximum Gasteiger partial charge on any atom is 0.0372 e. The second kappa shape index (κ2) is 4.93. The van der Waals surface area contributed by atoms with Gasteiger partial charge < -0.3 is 10.6 Å². The summed E-state index contributed by atoms with van der Waals surface area (Å²) >= 11 is 0. The average Bonchev–Trinajstić information content (AvgIpc) is 2.84. The number of rotatable bonds is 3. The molecule has 0 aromatic heterocycles. The highest BCUT2D eigenvalue weighted by atomic mass is 15.0. The molecule has 1 heterocycles. The van der Waals surface area contributed by atoms with Crippen molar-refractivity contribution in [2.75, 3.05) is 11.9 Å². The summed E-state index contributed by atoms with van der Waals surface area (Å²) in [7, 11) is 0. The van der Waals surface area contributed by atoms with E-state index in [1.54, 1.807) is 0 Å². The van der Waals surface area contributed by atoms with Crippen LogP contribution in [0.2, 0.25) is 0 Å². The van der Waals surface area contributed by atoms with Gasteiger partial charge in [0.2, 0.25) is 0 Å². The fourth-order valence-corrected chi connectivity index (χ4v) is 3.29.